The number of hydrogen-bond acceptors (Lipinski definition) is 7. The first-order valence-electron chi connectivity index (χ1n) is 11.2. The van der Waals surface area contributed by atoms with Crippen LogP contribution in [-0.2, 0) is 0 Å². The van der Waals surface area contributed by atoms with Crippen LogP contribution in [0.25, 0.3) is 0 Å². The molecular formula is C26H21BrF2N2O6. The second kappa shape index (κ2) is 9.89. The van der Waals surface area contributed by atoms with E-state index in [2.05, 4.69) is 20.7 Å². The number of rotatable bonds is 7. The van der Waals surface area contributed by atoms with Crippen molar-refractivity contribution in [2.24, 2.45) is 5.10 Å². The molecule has 5 rings (SSSR count). The van der Waals surface area contributed by atoms with Crippen molar-refractivity contribution in [1.82, 2.24) is 5.01 Å². The number of methoxy groups -OCH3 is 2. The average molecular weight is 575 g/mol. The highest BCUT2D eigenvalue weighted by atomic mass is 79.9. The van der Waals surface area contributed by atoms with Crippen molar-refractivity contribution in [1.29, 1.82) is 0 Å². The van der Waals surface area contributed by atoms with Crippen molar-refractivity contribution >= 4 is 27.6 Å². The van der Waals surface area contributed by atoms with E-state index in [0.29, 0.717) is 23.4 Å². The second-order valence-electron chi connectivity index (χ2n) is 8.27. The molecule has 37 heavy (non-hydrogen) atoms. The Morgan fingerprint density at radius 3 is 2.51 bits per heavy atom. The molecule has 2 atom stereocenters. The Kier molecular flexibility index (Phi) is 6.63. The molecule has 2 aliphatic rings. The number of carboxylic acid groups (broad SMARTS) is 1. The first-order valence-corrected chi connectivity index (χ1v) is 11.9. The Balaban J connectivity index is 1.61. The number of aromatic carboxylic acids is 1. The van der Waals surface area contributed by atoms with Gasteiger partial charge in [0, 0.05) is 22.0 Å². The van der Waals surface area contributed by atoms with Crippen LogP contribution in [0.15, 0.2) is 64.2 Å². The third-order valence-electron chi connectivity index (χ3n) is 6.22. The van der Waals surface area contributed by atoms with Gasteiger partial charge in [-0.1, -0.05) is 15.9 Å². The number of carbonyl (C=O) groups is 1. The maximum Gasteiger partial charge on any atom is 0.387 e. The molecule has 0 aliphatic carbocycles. The molecule has 0 aromatic heterocycles. The van der Waals surface area contributed by atoms with Crippen LogP contribution < -0.4 is 18.9 Å². The Hall–Kier alpha value is -3.86. The van der Waals surface area contributed by atoms with E-state index in [1.54, 1.807) is 29.3 Å². The predicted molar refractivity (Wildman–Crippen MR) is 133 cm³/mol. The molecule has 0 amide bonds. The molecule has 192 valence electrons. The molecular weight excluding hydrogens is 554 g/mol. The van der Waals surface area contributed by atoms with Crippen molar-refractivity contribution in [3.8, 4) is 23.0 Å². The van der Waals surface area contributed by atoms with Crippen LogP contribution in [0.2, 0.25) is 0 Å². The molecule has 8 nitrogen and oxygen atoms in total. The topological polar surface area (TPSA) is 89.8 Å². The molecule has 0 bridgehead atoms. The normalized spacial score (nSPS) is 18.0. The van der Waals surface area contributed by atoms with Gasteiger partial charge < -0.3 is 24.1 Å². The van der Waals surface area contributed by atoms with E-state index in [9.17, 15) is 18.7 Å². The quantitative estimate of drug-likeness (QED) is 0.369. The summed E-state index contributed by atoms with van der Waals surface area (Å²) in [6.45, 7) is -2.92. The van der Waals surface area contributed by atoms with Crippen molar-refractivity contribution in [2.75, 3.05) is 14.2 Å². The monoisotopic (exact) mass is 574 g/mol. The molecule has 0 fully saturated rings. The third-order valence-corrected chi connectivity index (χ3v) is 6.72. The summed E-state index contributed by atoms with van der Waals surface area (Å²) in [6.07, 6.45) is -0.405. The standard InChI is InChI=1S/C26H21BrF2N2O6/c1-34-21-10-8-16(22(25(32)33)23(21)35-2)24-31-19(17-11-14(27)5-9-20(17)37-24)12-18(30-31)13-3-6-15(7-4-13)36-26(28)29/h3-11,19,24,26H,12H2,1-2H3,(H,32,33). The van der Waals surface area contributed by atoms with E-state index in [1.807, 2.05) is 18.2 Å². The fourth-order valence-corrected chi connectivity index (χ4v) is 5.01. The number of hydrogen-bond donors (Lipinski definition) is 1. The summed E-state index contributed by atoms with van der Waals surface area (Å²) < 4.78 is 47.5. The first kappa shape index (κ1) is 24.8. The van der Waals surface area contributed by atoms with Gasteiger partial charge in [-0.2, -0.15) is 13.9 Å². The zero-order chi connectivity index (χ0) is 26.3. The number of fused-ring (bicyclic) bond motifs is 3. The predicted octanol–water partition coefficient (Wildman–Crippen LogP) is 6.01. The Bertz CT molecular complexity index is 1380. The van der Waals surface area contributed by atoms with Crippen LogP contribution in [0, 0.1) is 0 Å². The SMILES string of the molecule is COc1ccc(C2Oc3ccc(Br)cc3C3CC(c4ccc(OC(F)F)cc4)=NN32)c(C(=O)O)c1OC. The highest BCUT2D eigenvalue weighted by Crippen LogP contribution is 2.50. The molecule has 0 saturated heterocycles. The smallest absolute Gasteiger partial charge is 0.387 e. The van der Waals surface area contributed by atoms with Crippen LogP contribution in [0.3, 0.4) is 0 Å². The van der Waals surface area contributed by atoms with Crippen LogP contribution in [0.5, 0.6) is 23.0 Å². The molecule has 1 N–H and O–H groups in total. The van der Waals surface area contributed by atoms with Gasteiger partial charge >= 0.3 is 12.6 Å². The van der Waals surface area contributed by atoms with E-state index < -0.39 is 18.8 Å². The van der Waals surface area contributed by atoms with Crippen molar-refractivity contribution in [2.45, 2.75) is 25.3 Å². The maximum absolute atomic E-state index is 12.6. The summed E-state index contributed by atoms with van der Waals surface area (Å²) in [7, 11) is 2.80. The Morgan fingerprint density at radius 1 is 1.11 bits per heavy atom. The molecule has 11 heteroatoms. The highest BCUT2D eigenvalue weighted by Gasteiger charge is 2.43. The molecule has 2 aliphatic heterocycles. The van der Waals surface area contributed by atoms with Crippen LogP contribution >= 0.6 is 15.9 Å². The summed E-state index contributed by atoms with van der Waals surface area (Å²) in [4.78, 5) is 12.4. The minimum atomic E-state index is -2.92. The fraction of sp³-hybridized carbons (Fsp3) is 0.231. The number of benzene rings is 3. The van der Waals surface area contributed by atoms with Crippen molar-refractivity contribution < 1.29 is 37.6 Å². The average Bonchev–Trinajstić information content (AvgIpc) is 3.33. The summed E-state index contributed by atoms with van der Waals surface area (Å²) in [5.41, 5.74) is 2.53. The summed E-state index contributed by atoms with van der Waals surface area (Å²) in [5.74, 6) is -0.213. The van der Waals surface area contributed by atoms with Gasteiger partial charge in [0.15, 0.2) is 11.5 Å². The second-order valence-corrected chi connectivity index (χ2v) is 9.19. The summed E-state index contributed by atoms with van der Waals surface area (Å²) in [6, 6.07) is 14.8. The van der Waals surface area contributed by atoms with Gasteiger partial charge in [-0.05, 0) is 60.2 Å². The van der Waals surface area contributed by atoms with E-state index in [4.69, 9.17) is 19.3 Å². The lowest BCUT2D eigenvalue weighted by Gasteiger charge is -2.38. The Morgan fingerprint density at radius 2 is 1.86 bits per heavy atom. The zero-order valence-corrected chi connectivity index (χ0v) is 21.2. The fourth-order valence-electron chi connectivity index (χ4n) is 4.64. The minimum Gasteiger partial charge on any atom is -0.493 e. The minimum absolute atomic E-state index is 0.0435. The van der Waals surface area contributed by atoms with Crippen LogP contribution in [0.4, 0.5) is 8.78 Å². The van der Waals surface area contributed by atoms with Gasteiger partial charge in [0.1, 0.15) is 17.1 Å². The number of nitrogens with zero attached hydrogens (tertiary/aromatic N) is 2. The Labute approximate surface area is 219 Å². The molecule has 0 saturated carbocycles. The van der Waals surface area contributed by atoms with E-state index >= 15 is 0 Å². The lowest BCUT2D eigenvalue weighted by Crippen LogP contribution is -2.34. The summed E-state index contributed by atoms with van der Waals surface area (Å²) >= 11 is 3.51. The van der Waals surface area contributed by atoms with E-state index in [0.717, 1.165) is 15.6 Å². The molecule has 0 radical (unpaired) electrons. The lowest BCUT2D eigenvalue weighted by atomic mass is 9.95. The van der Waals surface area contributed by atoms with Gasteiger partial charge in [0.25, 0.3) is 0 Å². The van der Waals surface area contributed by atoms with Gasteiger partial charge in [0.2, 0.25) is 6.23 Å². The number of carboxylic acids is 1. The molecule has 0 spiro atoms. The zero-order valence-electron chi connectivity index (χ0n) is 19.7. The van der Waals surface area contributed by atoms with Gasteiger partial charge in [0.05, 0.1) is 26.0 Å². The molecule has 2 heterocycles. The van der Waals surface area contributed by atoms with Gasteiger partial charge in [-0.15, -0.1) is 0 Å². The molecule has 2 unspecified atom stereocenters. The maximum atomic E-state index is 12.6. The first-order chi connectivity index (χ1) is 17.8. The highest BCUT2D eigenvalue weighted by molar-refractivity contribution is 9.10. The van der Waals surface area contributed by atoms with Crippen LogP contribution in [0.1, 0.15) is 45.7 Å². The number of alkyl halides is 2. The van der Waals surface area contributed by atoms with Gasteiger partial charge in [-0.3, -0.25) is 0 Å². The number of halogens is 3. The van der Waals surface area contributed by atoms with Crippen LogP contribution in [-0.4, -0.2) is 42.6 Å². The van der Waals surface area contributed by atoms with Crippen molar-refractivity contribution in [3.05, 3.63) is 81.3 Å². The number of hydrazone groups is 1. The third kappa shape index (κ3) is 4.55. The summed E-state index contributed by atoms with van der Waals surface area (Å²) in [5, 5.41) is 16.6. The van der Waals surface area contributed by atoms with E-state index in [-0.39, 0.29) is 28.9 Å². The number of ether oxygens (including phenoxy) is 4. The molecule has 3 aromatic carbocycles. The van der Waals surface area contributed by atoms with Gasteiger partial charge in [-0.25, -0.2) is 9.80 Å². The molecule has 3 aromatic rings. The van der Waals surface area contributed by atoms with Crippen molar-refractivity contribution in [3.63, 3.8) is 0 Å². The lowest BCUT2D eigenvalue weighted by molar-refractivity contribution is -0.0498. The van der Waals surface area contributed by atoms with E-state index in [1.165, 1.54) is 26.4 Å². The largest absolute Gasteiger partial charge is 0.493 e.